The van der Waals surface area contributed by atoms with Gasteiger partial charge in [0.15, 0.2) is 0 Å². The first-order chi connectivity index (χ1) is 14.6. The van der Waals surface area contributed by atoms with Crippen molar-refractivity contribution < 1.29 is 19.2 Å². The van der Waals surface area contributed by atoms with Crippen LogP contribution in [0.4, 0.5) is 11.4 Å². The molecule has 0 radical (unpaired) electrons. The number of nitro groups is 1. The van der Waals surface area contributed by atoms with Crippen LogP contribution in [0.15, 0.2) is 48.8 Å². The summed E-state index contributed by atoms with van der Waals surface area (Å²) in [5.41, 5.74) is 2.09. The molecule has 2 aromatic heterocycles. The quantitative estimate of drug-likeness (QED) is 0.364. The van der Waals surface area contributed by atoms with Crippen molar-refractivity contribution >= 4 is 22.9 Å². The predicted octanol–water partition coefficient (Wildman–Crippen LogP) is 2.91. The van der Waals surface area contributed by atoms with Crippen LogP contribution in [0, 0.1) is 21.4 Å². The molecule has 1 saturated heterocycles. The fourth-order valence-electron chi connectivity index (χ4n) is 3.51. The summed E-state index contributed by atoms with van der Waals surface area (Å²) in [6.07, 6.45) is 3.53. The largest absolute Gasteiger partial charge is 0.457 e. The number of hydrogen-bond acceptors (Lipinski definition) is 7. The van der Waals surface area contributed by atoms with Gasteiger partial charge in [-0.1, -0.05) is 6.07 Å². The van der Waals surface area contributed by atoms with E-state index in [0.29, 0.717) is 43.1 Å². The molecule has 0 amide bonds. The second-order valence-corrected chi connectivity index (χ2v) is 6.77. The average Bonchev–Trinajstić information content (AvgIpc) is 3.15. The smallest absolute Gasteiger partial charge is 0.338 e. The van der Waals surface area contributed by atoms with E-state index < -0.39 is 10.9 Å². The predicted molar refractivity (Wildman–Crippen MR) is 107 cm³/mol. The lowest BCUT2D eigenvalue weighted by Gasteiger charge is -2.28. The average molecular weight is 406 g/mol. The number of fused-ring (bicyclic) bond motifs is 1. The molecule has 3 aromatic rings. The molecule has 0 unspecified atom stereocenters. The van der Waals surface area contributed by atoms with E-state index in [1.54, 1.807) is 28.9 Å². The molecule has 1 fully saturated rings. The van der Waals surface area contributed by atoms with Gasteiger partial charge >= 0.3 is 5.97 Å². The molecule has 0 aliphatic carbocycles. The molecule has 4 rings (SSSR count). The fraction of sp³-hybridized carbons (Fsp3) is 0.238. The maximum atomic E-state index is 12.5. The van der Waals surface area contributed by atoms with Crippen LogP contribution in [0.2, 0.25) is 0 Å². The Morgan fingerprint density at radius 2 is 2.07 bits per heavy atom. The lowest BCUT2D eigenvalue weighted by Crippen LogP contribution is -2.36. The van der Waals surface area contributed by atoms with Gasteiger partial charge in [0.05, 0.1) is 34.8 Å². The summed E-state index contributed by atoms with van der Waals surface area (Å²) in [4.78, 5) is 25.4. The number of morpholine rings is 1. The number of nitrogens with zero attached hydrogens (tertiary/aromatic N) is 4. The minimum absolute atomic E-state index is 0.0842. The van der Waals surface area contributed by atoms with Gasteiger partial charge in [0.2, 0.25) is 0 Å². The lowest BCUT2D eigenvalue weighted by molar-refractivity contribution is -0.384. The number of carbonyl (C=O) groups excluding carboxylic acids is 1. The first kappa shape index (κ1) is 19.4. The molecule has 1 aromatic carbocycles. The van der Waals surface area contributed by atoms with E-state index in [9.17, 15) is 20.2 Å². The third kappa shape index (κ3) is 3.68. The number of nitriles is 1. The first-order valence-corrected chi connectivity index (χ1v) is 9.35. The molecule has 1 aliphatic rings. The monoisotopic (exact) mass is 406 g/mol. The second-order valence-electron chi connectivity index (χ2n) is 6.77. The molecule has 0 atom stereocenters. The number of aromatic nitrogens is 1. The van der Waals surface area contributed by atoms with Crippen LogP contribution in [-0.2, 0) is 16.1 Å². The Morgan fingerprint density at radius 3 is 2.80 bits per heavy atom. The van der Waals surface area contributed by atoms with E-state index in [4.69, 9.17) is 9.47 Å². The zero-order valence-electron chi connectivity index (χ0n) is 16.0. The van der Waals surface area contributed by atoms with Crippen molar-refractivity contribution in [2.24, 2.45) is 0 Å². The fourth-order valence-corrected chi connectivity index (χ4v) is 3.51. The van der Waals surface area contributed by atoms with Gasteiger partial charge in [-0.3, -0.25) is 10.1 Å². The van der Waals surface area contributed by atoms with E-state index in [2.05, 4.69) is 6.07 Å². The summed E-state index contributed by atoms with van der Waals surface area (Å²) in [5.74, 6) is -0.689. The van der Waals surface area contributed by atoms with Crippen molar-refractivity contribution in [3.8, 4) is 6.07 Å². The van der Waals surface area contributed by atoms with E-state index in [0.717, 1.165) is 5.52 Å². The molecule has 0 bridgehead atoms. The summed E-state index contributed by atoms with van der Waals surface area (Å²) >= 11 is 0. The second kappa shape index (κ2) is 8.23. The standard InChI is InChI=1S/C21H18N4O5/c22-12-17-16(13-24-6-2-1-3-18(17)24)14-30-21(26)15-4-5-19(20(11-15)25(27)28)23-7-9-29-10-8-23/h1-6,11,13H,7-10,14H2. The van der Waals surface area contributed by atoms with Gasteiger partial charge in [0, 0.05) is 37.1 Å². The van der Waals surface area contributed by atoms with Crippen molar-refractivity contribution in [1.29, 1.82) is 5.26 Å². The number of pyridine rings is 1. The third-order valence-electron chi connectivity index (χ3n) is 4.99. The molecule has 0 saturated carbocycles. The van der Waals surface area contributed by atoms with Crippen molar-refractivity contribution in [2.75, 3.05) is 31.2 Å². The number of benzene rings is 1. The van der Waals surface area contributed by atoms with Crippen molar-refractivity contribution in [3.63, 3.8) is 0 Å². The summed E-state index contributed by atoms with van der Waals surface area (Å²) < 4.78 is 12.4. The number of nitro benzene ring substituents is 1. The molecule has 0 spiro atoms. The van der Waals surface area contributed by atoms with Gasteiger partial charge in [0.25, 0.3) is 5.69 Å². The zero-order chi connectivity index (χ0) is 21.1. The van der Waals surface area contributed by atoms with Gasteiger partial charge in [-0.25, -0.2) is 4.79 Å². The van der Waals surface area contributed by atoms with Gasteiger partial charge in [-0.05, 0) is 24.3 Å². The highest BCUT2D eigenvalue weighted by molar-refractivity contribution is 5.91. The van der Waals surface area contributed by atoms with Crippen molar-refractivity contribution in [1.82, 2.24) is 4.40 Å². The Bertz CT molecular complexity index is 1160. The van der Waals surface area contributed by atoms with Crippen LogP contribution < -0.4 is 4.90 Å². The van der Waals surface area contributed by atoms with Crippen LogP contribution in [0.25, 0.3) is 5.52 Å². The minimum atomic E-state index is -0.689. The Morgan fingerprint density at radius 1 is 1.27 bits per heavy atom. The Balaban J connectivity index is 1.54. The SMILES string of the molecule is N#Cc1c(COC(=O)c2ccc(N3CCOCC3)c([N+](=O)[O-])c2)cn2ccccc12. The molecule has 3 heterocycles. The topological polar surface area (TPSA) is 110 Å². The summed E-state index contributed by atoms with van der Waals surface area (Å²) in [6.45, 7) is 1.97. The number of carbonyl (C=O) groups is 1. The molecule has 152 valence electrons. The van der Waals surface area contributed by atoms with Crippen LogP contribution in [0.5, 0.6) is 0 Å². The highest BCUT2D eigenvalue weighted by Gasteiger charge is 2.24. The van der Waals surface area contributed by atoms with E-state index in [1.807, 2.05) is 17.0 Å². The van der Waals surface area contributed by atoms with Gasteiger partial charge in [-0.2, -0.15) is 5.26 Å². The van der Waals surface area contributed by atoms with Crippen LogP contribution in [0.1, 0.15) is 21.5 Å². The van der Waals surface area contributed by atoms with Crippen molar-refractivity contribution in [2.45, 2.75) is 6.61 Å². The zero-order valence-corrected chi connectivity index (χ0v) is 16.0. The molecule has 1 aliphatic heterocycles. The number of esters is 1. The molecule has 30 heavy (non-hydrogen) atoms. The Labute approximate surface area is 171 Å². The minimum Gasteiger partial charge on any atom is -0.457 e. The van der Waals surface area contributed by atoms with E-state index in [1.165, 1.54) is 12.1 Å². The summed E-state index contributed by atoms with van der Waals surface area (Å²) in [5, 5.41) is 21.0. The highest BCUT2D eigenvalue weighted by atomic mass is 16.6. The summed E-state index contributed by atoms with van der Waals surface area (Å²) in [7, 11) is 0. The third-order valence-corrected chi connectivity index (χ3v) is 4.99. The number of ether oxygens (including phenoxy) is 2. The first-order valence-electron chi connectivity index (χ1n) is 9.35. The van der Waals surface area contributed by atoms with Crippen LogP contribution >= 0.6 is 0 Å². The lowest BCUT2D eigenvalue weighted by atomic mass is 10.1. The van der Waals surface area contributed by atoms with E-state index >= 15 is 0 Å². The molecule has 9 nitrogen and oxygen atoms in total. The maximum absolute atomic E-state index is 12.5. The molecular weight excluding hydrogens is 388 g/mol. The number of rotatable bonds is 5. The van der Waals surface area contributed by atoms with E-state index in [-0.39, 0.29) is 17.9 Å². The van der Waals surface area contributed by atoms with Crippen molar-refractivity contribution in [3.05, 3.63) is 75.6 Å². The van der Waals surface area contributed by atoms with Crippen LogP contribution in [-0.4, -0.2) is 41.6 Å². The summed E-state index contributed by atoms with van der Waals surface area (Å²) in [6, 6.07) is 11.9. The van der Waals surface area contributed by atoms with Gasteiger partial charge in [0.1, 0.15) is 18.4 Å². The van der Waals surface area contributed by atoms with Crippen LogP contribution in [0.3, 0.4) is 0 Å². The van der Waals surface area contributed by atoms with Gasteiger partial charge < -0.3 is 18.8 Å². The molecular formula is C21H18N4O5. The highest BCUT2D eigenvalue weighted by Crippen LogP contribution is 2.30. The maximum Gasteiger partial charge on any atom is 0.338 e. The van der Waals surface area contributed by atoms with Gasteiger partial charge in [-0.15, -0.1) is 0 Å². The Hall–Kier alpha value is -3.90. The molecule has 9 heteroatoms. The number of hydrogen-bond donors (Lipinski definition) is 0. The normalized spacial score (nSPS) is 13.8. The number of anilines is 1. The molecule has 0 N–H and O–H groups in total. The Kier molecular flexibility index (Phi) is 5.32.